The molecular weight excluding hydrogens is 356 g/mol. The third-order valence-corrected chi connectivity index (χ3v) is 6.17. The Morgan fingerprint density at radius 1 is 0.621 bits per heavy atom. The fourth-order valence-corrected chi connectivity index (χ4v) is 4.69. The molecule has 4 aromatic carbocycles. The molecule has 2 heterocycles. The van der Waals surface area contributed by atoms with Crippen LogP contribution in [-0.4, -0.2) is 0 Å². The molecule has 6 rings (SSSR count). The van der Waals surface area contributed by atoms with Gasteiger partial charge in [0.25, 0.3) is 0 Å². The van der Waals surface area contributed by atoms with E-state index in [1.165, 1.54) is 51.6 Å². The highest BCUT2D eigenvalue weighted by atomic mass is 16.3. The van der Waals surface area contributed by atoms with Gasteiger partial charge in [-0.3, -0.25) is 0 Å². The van der Waals surface area contributed by atoms with Crippen molar-refractivity contribution in [1.82, 2.24) is 0 Å². The predicted octanol–water partition coefficient (Wildman–Crippen LogP) is 8.37. The summed E-state index contributed by atoms with van der Waals surface area (Å²) in [4.78, 5) is 0. The molecule has 0 aliphatic carbocycles. The molecule has 2 heteroatoms. The molecule has 2 nitrogen and oxygen atoms in total. The van der Waals surface area contributed by atoms with Crippen LogP contribution < -0.4 is 0 Å². The van der Waals surface area contributed by atoms with Gasteiger partial charge in [-0.25, -0.2) is 0 Å². The van der Waals surface area contributed by atoms with Gasteiger partial charge < -0.3 is 8.83 Å². The Morgan fingerprint density at radius 3 is 2.00 bits per heavy atom. The second-order valence-corrected chi connectivity index (χ2v) is 7.97. The number of fused-ring (bicyclic) bond motifs is 9. The van der Waals surface area contributed by atoms with Gasteiger partial charge in [-0.15, -0.1) is 0 Å². The molecule has 0 unspecified atom stereocenters. The number of rotatable bonds is 4. The lowest BCUT2D eigenvalue weighted by Gasteiger charge is -2.08. The van der Waals surface area contributed by atoms with Crippen molar-refractivity contribution in [2.75, 3.05) is 0 Å². The van der Waals surface area contributed by atoms with E-state index >= 15 is 0 Å². The molecule has 0 atom stereocenters. The minimum Gasteiger partial charge on any atom is -0.464 e. The Kier molecular flexibility index (Phi) is 3.67. The standard InChI is InChI=1S/C27H22O2/c1-2-3-4-5-19-16-18-7-9-23-21-10-12-24-22(8-6-17-14-15-28-26(17)24)20(21)11-13-25(23)27(18)29-19/h6-16H,2-5H2,1H3. The summed E-state index contributed by atoms with van der Waals surface area (Å²) in [5, 5.41) is 9.67. The van der Waals surface area contributed by atoms with Gasteiger partial charge in [0.1, 0.15) is 16.9 Å². The van der Waals surface area contributed by atoms with Crippen molar-refractivity contribution in [1.29, 1.82) is 0 Å². The molecule has 0 radical (unpaired) electrons. The summed E-state index contributed by atoms with van der Waals surface area (Å²) in [5.41, 5.74) is 1.97. The van der Waals surface area contributed by atoms with Crippen molar-refractivity contribution in [3.8, 4) is 0 Å². The van der Waals surface area contributed by atoms with E-state index in [9.17, 15) is 0 Å². The van der Waals surface area contributed by atoms with E-state index in [1.807, 2.05) is 6.07 Å². The van der Waals surface area contributed by atoms with E-state index < -0.39 is 0 Å². The van der Waals surface area contributed by atoms with E-state index in [0.717, 1.165) is 34.1 Å². The topological polar surface area (TPSA) is 26.3 Å². The van der Waals surface area contributed by atoms with Crippen LogP contribution in [0, 0.1) is 0 Å². The van der Waals surface area contributed by atoms with Gasteiger partial charge >= 0.3 is 0 Å². The van der Waals surface area contributed by atoms with Crippen LogP contribution in [0.25, 0.3) is 54.3 Å². The first-order valence-electron chi connectivity index (χ1n) is 10.5. The SMILES string of the molecule is CCCCCc1cc2ccc3c4ccc5c(ccc6ccoc65)c4ccc3c2o1. The normalized spacial score (nSPS) is 12.2. The van der Waals surface area contributed by atoms with Crippen molar-refractivity contribution in [2.45, 2.75) is 32.6 Å². The van der Waals surface area contributed by atoms with Crippen LogP contribution in [0.5, 0.6) is 0 Å². The van der Waals surface area contributed by atoms with Crippen LogP contribution >= 0.6 is 0 Å². The first-order chi connectivity index (χ1) is 14.3. The van der Waals surface area contributed by atoms with Crippen LogP contribution in [-0.2, 0) is 6.42 Å². The quantitative estimate of drug-likeness (QED) is 0.227. The molecule has 2 aromatic heterocycles. The van der Waals surface area contributed by atoms with E-state index in [2.05, 4.69) is 61.5 Å². The van der Waals surface area contributed by atoms with Gasteiger partial charge in [0.05, 0.1) is 6.26 Å². The number of benzene rings is 4. The molecule has 6 aromatic rings. The maximum absolute atomic E-state index is 6.30. The van der Waals surface area contributed by atoms with Crippen LogP contribution in [0.15, 0.2) is 75.8 Å². The summed E-state index contributed by atoms with van der Waals surface area (Å²) in [6.45, 7) is 2.23. The molecule has 142 valence electrons. The Hall–Kier alpha value is -3.26. The van der Waals surface area contributed by atoms with Gasteiger partial charge in [-0.05, 0) is 52.2 Å². The van der Waals surface area contributed by atoms with Gasteiger partial charge in [0.2, 0.25) is 0 Å². The average Bonchev–Trinajstić information content (AvgIpc) is 3.39. The molecule has 0 saturated heterocycles. The zero-order valence-corrected chi connectivity index (χ0v) is 16.5. The van der Waals surface area contributed by atoms with Gasteiger partial charge in [0, 0.05) is 28.0 Å². The maximum atomic E-state index is 6.30. The van der Waals surface area contributed by atoms with Gasteiger partial charge in [-0.2, -0.15) is 0 Å². The minimum atomic E-state index is 0.961. The van der Waals surface area contributed by atoms with Crippen molar-refractivity contribution in [2.24, 2.45) is 0 Å². The second kappa shape index (κ2) is 6.38. The Bertz CT molecular complexity index is 1510. The van der Waals surface area contributed by atoms with Crippen molar-refractivity contribution < 1.29 is 8.83 Å². The number of hydrogen-bond acceptors (Lipinski definition) is 2. The highest BCUT2D eigenvalue weighted by Gasteiger charge is 2.12. The zero-order chi connectivity index (χ0) is 19.4. The summed E-state index contributed by atoms with van der Waals surface area (Å²) >= 11 is 0. The molecule has 29 heavy (non-hydrogen) atoms. The smallest absolute Gasteiger partial charge is 0.142 e. The number of aryl methyl sites for hydroxylation is 1. The second-order valence-electron chi connectivity index (χ2n) is 7.97. The van der Waals surface area contributed by atoms with E-state index in [-0.39, 0.29) is 0 Å². The lowest BCUT2D eigenvalue weighted by molar-refractivity contribution is 0.533. The van der Waals surface area contributed by atoms with E-state index in [4.69, 9.17) is 8.83 Å². The molecule has 0 N–H and O–H groups in total. The Labute approximate surface area is 168 Å². The molecule has 0 spiro atoms. The summed E-state index contributed by atoms with van der Waals surface area (Å²) in [6, 6.07) is 21.9. The first kappa shape index (κ1) is 16.7. The van der Waals surface area contributed by atoms with Crippen LogP contribution in [0.2, 0.25) is 0 Å². The van der Waals surface area contributed by atoms with Crippen molar-refractivity contribution in [3.63, 3.8) is 0 Å². The summed E-state index contributed by atoms with van der Waals surface area (Å²) < 4.78 is 12.0. The highest BCUT2D eigenvalue weighted by molar-refractivity contribution is 6.23. The predicted molar refractivity (Wildman–Crippen MR) is 122 cm³/mol. The largest absolute Gasteiger partial charge is 0.464 e. The molecule has 0 aliphatic heterocycles. The molecule has 0 bridgehead atoms. The lowest BCUT2D eigenvalue weighted by atomic mass is 9.95. The Balaban J connectivity index is 1.59. The zero-order valence-electron chi connectivity index (χ0n) is 16.5. The third-order valence-electron chi connectivity index (χ3n) is 6.17. The fraction of sp³-hybridized carbons (Fsp3) is 0.185. The van der Waals surface area contributed by atoms with Gasteiger partial charge in [0.15, 0.2) is 0 Å². The summed E-state index contributed by atoms with van der Waals surface area (Å²) in [7, 11) is 0. The minimum absolute atomic E-state index is 0.961. The Morgan fingerprint density at radius 2 is 1.24 bits per heavy atom. The number of unbranched alkanes of at least 4 members (excludes halogenated alkanes) is 2. The fourth-order valence-electron chi connectivity index (χ4n) is 4.69. The lowest BCUT2D eigenvalue weighted by Crippen LogP contribution is -1.82. The highest BCUT2D eigenvalue weighted by Crippen LogP contribution is 2.37. The number of hydrogen-bond donors (Lipinski definition) is 0. The van der Waals surface area contributed by atoms with Crippen LogP contribution in [0.1, 0.15) is 31.9 Å². The van der Waals surface area contributed by atoms with Crippen LogP contribution in [0.4, 0.5) is 0 Å². The van der Waals surface area contributed by atoms with Crippen molar-refractivity contribution >= 4 is 54.3 Å². The molecule has 0 fully saturated rings. The average molecular weight is 378 g/mol. The molecular formula is C27H22O2. The maximum Gasteiger partial charge on any atom is 0.142 e. The molecule has 0 saturated carbocycles. The molecule has 0 amide bonds. The van der Waals surface area contributed by atoms with E-state index in [0.29, 0.717) is 0 Å². The number of furan rings is 2. The van der Waals surface area contributed by atoms with E-state index in [1.54, 1.807) is 6.26 Å². The third kappa shape index (κ3) is 2.49. The van der Waals surface area contributed by atoms with Crippen LogP contribution in [0.3, 0.4) is 0 Å². The van der Waals surface area contributed by atoms with Crippen molar-refractivity contribution in [3.05, 3.63) is 72.7 Å². The molecule has 0 aliphatic rings. The summed E-state index contributed by atoms with van der Waals surface area (Å²) in [5.74, 6) is 1.10. The van der Waals surface area contributed by atoms with Gasteiger partial charge in [-0.1, -0.05) is 56.2 Å². The monoisotopic (exact) mass is 378 g/mol. The first-order valence-corrected chi connectivity index (χ1v) is 10.5. The summed E-state index contributed by atoms with van der Waals surface area (Å²) in [6.07, 6.45) is 6.44.